The first-order chi connectivity index (χ1) is 7.95. The number of nitrogens with one attached hydrogen (secondary N) is 1. The number of carbonyl (C=O) groups is 2. The van der Waals surface area contributed by atoms with Crippen LogP contribution in [0.25, 0.3) is 0 Å². The van der Waals surface area contributed by atoms with Gasteiger partial charge in [-0.05, 0) is 25.1 Å². The highest BCUT2D eigenvalue weighted by Crippen LogP contribution is 2.17. The topological polar surface area (TPSA) is 81.4 Å². The van der Waals surface area contributed by atoms with Gasteiger partial charge in [-0.3, -0.25) is 4.79 Å². The van der Waals surface area contributed by atoms with Gasteiger partial charge in [0.1, 0.15) is 5.82 Å². The van der Waals surface area contributed by atoms with Crippen LogP contribution in [0.5, 0.6) is 0 Å². The van der Waals surface area contributed by atoms with Gasteiger partial charge < -0.3 is 15.8 Å². The van der Waals surface area contributed by atoms with Crippen molar-refractivity contribution in [2.24, 2.45) is 5.73 Å². The number of esters is 1. The van der Waals surface area contributed by atoms with Crippen LogP contribution in [0.15, 0.2) is 18.2 Å². The summed E-state index contributed by atoms with van der Waals surface area (Å²) in [5.41, 5.74) is 5.38. The molecule has 0 bridgehead atoms. The third-order valence-corrected chi connectivity index (χ3v) is 2.06. The minimum absolute atomic E-state index is 0.102. The summed E-state index contributed by atoms with van der Waals surface area (Å²) in [6.45, 7) is 1.47. The lowest BCUT2D eigenvalue weighted by atomic mass is 10.2. The predicted molar refractivity (Wildman–Crippen MR) is 60.0 cm³/mol. The van der Waals surface area contributed by atoms with Gasteiger partial charge in [-0.2, -0.15) is 0 Å². The Morgan fingerprint density at radius 3 is 2.65 bits per heavy atom. The van der Waals surface area contributed by atoms with E-state index in [-0.39, 0.29) is 11.3 Å². The Labute approximate surface area is 97.7 Å². The molecule has 1 atom stereocenters. The highest BCUT2D eigenvalue weighted by atomic mass is 19.1. The molecule has 0 aliphatic rings. The van der Waals surface area contributed by atoms with Crippen LogP contribution in [0, 0.1) is 5.82 Å². The fourth-order valence-electron chi connectivity index (χ4n) is 1.11. The molecule has 0 aliphatic carbocycles. The normalized spacial score (nSPS) is 11.8. The van der Waals surface area contributed by atoms with E-state index in [4.69, 9.17) is 5.73 Å². The predicted octanol–water partition coefficient (Wildman–Crippen LogP) is 0.898. The summed E-state index contributed by atoms with van der Waals surface area (Å²) < 4.78 is 17.8. The van der Waals surface area contributed by atoms with Crippen LogP contribution in [0.4, 0.5) is 10.1 Å². The third-order valence-electron chi connectivity index (χ3n) is 2.06. The van der Waals surface area contributed by atoms with Gasteiger partial charge in [0.05, 0.1) is 24.4 Å². The minimum Gasteiger partial charge on any atom is -0.465 e. The number of anilines is 1. The summed E-state index contributed by atoms with van der Waals surface area (Å²) >= 11 is 0. The largest absolute Gasteiger partial charge is 0.465 e. The number of benzene rings is 1. The summed E-state index contributed by atoms with van der Waals surface area (Å²) in [5, 5.41) is 2.28. The Bertz CT molecular complexity index is 446. The third kappa shape index (κ3) is 3.25. The lowest BCUT2D eigenvalue weighted by Gasteiger charge is -2.09. The number of hydrogen-bond acceptors (Lipinski definition) is 4. The molecule has 1 aromatic rings. The van der Waals surface area contributed by atoms with Crippen LogP contribution in [-0.4, -0.2) is 25.0 Å². The number of methoxy groups -OCH3 is 1. The second-order valence-corrected chi connectivity index (χ2v) is 3.46. The molecule has 1 amide bonds. The fraction of sp³-hybridized carbons (Fsp3) is 0.273. The van der Waals surface area contributed by atoms with E-state index in [0.29, 0.717) is 0 Å². The average Bonchev–Trinajstić information content (AvgIpc) is 2.30. The van der Waals surface area contributed by atoms with Crippen molar-refractivity contribution in [1.29, 1.82) is 0 Å². The molecule has 0 saturated heterocycles. The van der Waals surface area contributed by atoms with Crippen molar-refractivity contribution < 1.29 is 18.7 Å². The smallest absolute Gasteiger partial charge is 0.337 e. The Morgan fingerprint density at radius 2 is 2.12 bits per heavy atom. The van der Waals surface area contributed by atoms with Gasteiger partial charge in [0.2, 0.25) is 5.91 Å². The number of nitrogens with two attached hydrogens (primary N) is 1. The van der Waals surface area contributed by atoms with Gasteiger partial charge in [0.25, 0.3) is 0 Å². The Balaban J connectivity index is 2.99. The molecule has 1 aromatic carbocycles. The Hall–Kier alpha value is -1.95. The number of carbonyl (C=O) groups excluding carboxylic acids is 2. The van der Waals surface area contributed by atoms with E-state index in [1.54, 1.807) is 0 Å². The SMILES string of the molecule is COC(=O)c1ccc(F)c(NC(=O)[C@H](C)N)c1. The fourth-order valence-corrected chi connectivity index (χ4v) is 1.11. The van der Waals surface area contributed by atoms with E-state index in [2.05, 4.69) is 10.1 Å². The zero-order chi connectivity index (χ0) is 13.0. The number of hydrogen-bond donors (Lipinski definition) is 2. The van der Waals surface area contributed by atoms with Gasteiger partial charge in [0, 0.05) is 0 Å². The van der Waals surface area contributed by atoms with Crippen LogP contribution in [0.3, 0.4) is 0 Å². The molecule has 5 nitrogen and oxygen atoms in total. The quantitative estimate of drug-likeness (QED) is 0.769. The Kier molecular flexibility index (Phi) is 4.17. The van der Waals surface area contributed by atoms with Crippen LogP contribution in [0.2, 0.25) is 0 Å². The van der Waals surface area contributed by atoms with Gasteiger partial charge in [-0.25, -0.2) is 9.18 Å². The number of ether oxygens (including phenoxy) is 1. The lowest BCUT2D eigenvalue weighted by molar-refractivity contribution is -0.117. The van der Waals surface area contributed by atoms with E-state index in [0.717, 1.165) is 6.07 Å². The summed E-state index contributed by atoms with van der Waals surface area (Å²) in [5.74, 6) is -1.79. The summed E-state index contributed by atoms with van der Waals surface area (Å²) in [6, 6.07) is 2.77. The molecule has 0 fully saturated rings. The molecular formula is C11H13FN2O3. The van der Waals surface area contributed by atoms with Crippen molar-refractivity contribution in [3.8, 4) is 0 Å². The first-order valence-electron chi connectivity index (χ1n) is 4.90. The van der Waals surface area contributed by atoms with Gasteiger partial charge in [-0.1, -0.05) is 0 Å². The number of amides is 1. The first kappa shape index (κ1) is 13.1. The molecular weight excluding hydrogens is 227 g/mol. The molecule has 92 valence electrons. The van der Waals surface area contributed by atoms with E-state index in [1.165, 1.54) is 26.2 Å². The summed E-state index contributed by atoms with van der Waals surface area (Å²) in [6.07, 6.45) is 0. The zero-order valence-corrected chi connectivity index (χ0v) is 9.49. The molecule has 0 aromatic heterocycles. The van der Waals surface area contributed by atoms with E-state index >= 15 is 0 Å². The summed E-state index contributed by atoms with van der Waals surface area (Å²) in [4.78, 5) is 22.5. The van der Waals surface area contributed by atoms with Crippen molar-refractivity contribution >= 4 is 17.6 Å². The molecule has 17 heavy (non-hydrogen) atoms. The number of halogens is 1. The van der Waals surface area contributed by atoms with Gasteiger partial charge in [0.15, 0.2) is 0 Å². The van der Waals surface area contributed by atoms with Crippen LogP contribution in [0.1, 0.15) is 17.3 Å². The highest BCUT2D eigenvalue weighted by molar-refractivity contribution is 5.96. The van der Waals surface area contributed by atoms with Crippen molar-refractivity contribution in [3.63, 3.8) is 0 Å². The second kappa shape index (κ2) is 5.40. The number of rotatable bonds is 3. The first-order valence-corrected chi connectivity index (χ1v) is 4.90. The van der Waals surface area contributed by atoms with E-state index in [1.807, 2.05) is 0 Å². The maximum atomic E-state index is 13.4. The molecule has 1 rings (SSSR count). The second-order valence-electron chi connectivity index (χ2n) is 3.46. The standard InChI is InChI=1S/C11H13FN2O3/c1-6(13)10(15)14-9-5-7(11(16)17-2)3-4-8(9)12/h3-6H,13H2,1-2H3,(H,14,15)/t6-/m0/s1. The molecule has 3 N–H and O–H groups in total. The van der Waals surface area contributed by atoms with Crippen molar-refractivity contribution in [2.45, 2.75) is 13.0 Å². The molecule has 0 heterocycles. The zero-order valence-electron chi connectivity index (χ0n) is 9.49. The van der Waals surface area contributed by atoms with Gasteiger partial charge >= 0.3 is 5.97 Å². The maximum Gasteiger partial charge on any atom is 0.337 e. The van der Waals surface area contributed by atoms with E-state index in [9.17, 15) is 14.0 Å². The van der Waals surface area contributed by atoms with Crippen molar-refractivity contribution in [1.82, 2.24) is 0 Å². The monoisotopic (exact) mass is 240 g/mol. The molecule has 0 aliphatic heterocycles. The Morgan fingerprint density at radius 1 is 1.47 bits per heavy atom. The maximum absolute atomic E-state index is 13.4. The molecule has 0 saturated carbocycles. The molecule has 0 unspecified atom stereocenters. The molecule has 6 heteroatoms. The van der Waals surface area contributed by atoms with Crippen LogP contribution < -0.4 is 11.1 Å². The lowest BCUT2D eigenvalue weighted by Crippen LogP contribution is -2.32. The van der Waals surface area contributed by atoms with E-state index < -0.39 is 23.7 Å². The van der Waals surface area contributed by atoms with Crippen molar-refractivity contribution in [3.05, 3.63) is 29.6 Å². The average molecular weight is 240 g/mol. The minimum atomic E-state index is -0.767. The van der Waals surface area contributed by atoms with Crippen LogP contribution >= 0.6 is 0 Å². The van der Waals surface area contributed by atoms with Crippen LogP contribution in [-0.2, 0) is 9.53 Å². The van der Waals surface area contributed by atoms with Gasteiger partial charge in [-0.15, -0.1) is 0 Å². The summed E-state index contributed by atoms with van der Waals surface area (Å²) in [7, 11) is 1.21. The highest BCUT2D eigenvalue weighted by Gasteiger charge is 2.13. The molecule has 0 spiro atoms. The molecule has 0 radical (unpaired) electrons. The van der Waals surface area contributed by atoms with Crippen molar-refractivity contribution in [2.75, 3.05) is 12.4 Å².